The van der Waals surface area contributed by atoms with Crippen LogP contribution in [0.3, 0.4) is 0 Å². The van der Waals surface area contributed by atoms with Gasteiger partial charge in [-0.25, -0.2) is 4.99 Å². The van der Waals surface area contributed by atoms with Crippen molar-refractivity contribution in [2.24, 2.45) is 10.7 Å². The van der Waals surface area contributed by atoms with Crippen molar-refractivity contribution in [3.05, 3.63) is 54.1 Å². The van der Waals surface area contributed by atoms with Gasteiger partial charge in [-0.1, -0.05) is 18.2 Å². The van der Waals surface area contributed by atoms with E-state index in [1.54, 1.807) is 7.11 Å². The monoisotopic (exact) mass is 356 g/mol. The van der Waals surface area contributed by atoms with Crippen LogP contribution in [0.5, 0.6) is 11.5 Å². The second kappa shape index (κ2) is 10.3. The van der Waals surface area contributed by atoms with E-state index in [1.165, 1.54) is 0 Å². The minimum atomic E-state index is 0.363. The average molecular weight is 356 g/mol. The van der Waals surface area contributed by atoms with Gasteiger partial charge in [0, 0.05) is 18.3 Å². The molecule has 0 unspecified atom stereocenters. The Morgan fingerprint density at radius 2 is 1.88 bits per heavy atom. The van der Waals surface area contributed by atoms with Crippen molar-refractivity contribution in [2.45, 2.75) is 13.0 Å². The molecule has 6 heteroatoms. The number of aliphatic imine (C=N–C) groups is 1. The van der Waals surface area contributed by atoms with Gasteiger partial charge in [0.05, 0.1) is 20.3 Å². The van der Waals surface area contributed by atoms with Crippen LogP contribution in [0.25, 0.3) is 0 Å². The van der Waals surface area contributed by atoms with Crippen LogP contribution in [-0.2, 0) is 6.54 Å². The number of anilines is 1. The Labute approximate surface area is 155 Å². The second-order valence-electron chi connectivity index (χ2n) is 6.21. The van der Waals surface area contributed by atoms with Gasteiger partial charge in [-0.3, -0.25) is 0 Å². The third-order valence-electron chi connectivity index (χ3n) is 3.72. The van der Waals surface area contributed by atoms with Crippen LogP contribution < -0.4 is 20.5 Å². The third kappa shape index (κ3) is 7.03. The van der Waals surface area contributed by atoms with E-state index in [-0.39, 0.29) is 0 Å². The molecular weight excluding hydrogens is 328 g/mol. The van der Waals surface area contributed by atoms with E-state index in [1.807, 2.05) is 48.5 Å². The average Bonchev–Trinajstić information content (AvgIpc) is 2.64. The third-order valence-corrected chi connectivity index (χ3v) is 3.72. The van der Waals surface area contributed by atoms with Crippen molar-refractivity contribution in [3.63, 3.8) is 0 Å². The van der Waals surface area contributed by atoms with Crippen molar-refractivity contribution in [2.75, 3.05) is 39.7 Å². The molecule has 140 valence electrons. The van der Waals surface area contributed by atoms with E-state index in [4.69, 9.17) is 15.2 Å². The molecule has 0 amide bonds. The Hall–Kier alpha value is -2.73. The zero-order chi connectivity index (χ0) is 18.8. The summed E-state index contributed by atoms with van der Waals surface area (Å²) >= 11 is 0. The maximum absolute atomic E-state index is 5.95. The number of hydrogen-bond donors (Lipinski definition) is 2. The molecule has 0 radical (unpaired) electrons. The fourth-order valence-electron chi connectivity index (χ4n) is 2.33. The molecule has 0 spiro atoms. The largest absolute Gasteiger partial charge is 0.497 e. The standard InChI is InChI=1S/C20H28N4O2/c1-24(2)12-5-13-26-18-10-8-16(9-11-18)15-22-20(21)23-17-6-4-7-19(14-17)25-3/h4,6-11,14H,5,12-13,15H2,1-3H3,(H3,21,22,23). The summed E-state index contributed by atoms with van der Waals surface area (Å²) in [6, 6.07) is 15.5. The van der Waals surface area contributed by atoms with Gasteiger partial charge in [-0.05, 0) is 50.3 Å². The van der Waals surface area contributed by atoms with Crippen LogP contribution in [0.2, 0.25) is 0 Å². The maximum atomic E-state index is 5.95. The van der Waals surface area contributed by atoms with Gasteiger partial charge in [0.1, 0.15) is 11.5 Å². The molecule has 0 aliphatic carbocycles. The summed E-state index contributed by atoms with van der Waals surface area (Å²) in [4.78, 5) is 6.51. The quantitative estimate of drug-likeness (QED) is 0.411. The summed E-state index contributed by atoms with van der Waals surface area (Å²) in [5.74, 6) is 2.00. The highest BCUT2D eigenvalue weighted by Gasteiger charge is 1.99. The predicted molar refractivity (Wildman–Crippen MR) is 107 cm³/mol. The number of rotatable bonds is 9. The fourth-order valence-corrected chi connectivity index (χ4v) is 2.33. The molecule has 0 aromatic heterocycles. The molecule has 0 saturated carbocycles. The molecule has 0 bridgehead atoms. The molecule has 0 heterocycles. The van der Waals surface area contributed by atoms with Crippen LogP contribution >= 0.6 is 0 Å². The molecule has 0 fully saturated rings. The molecule has 3 N–H and O–H groups in total. The van der Waals surface area contributed by atoms with E-state index >= 15 is 0 Å². The van der Waals surface area contributed by atoms with E-state index in [0.29, 0.717) is 19.1 Å². The first-order chi connectivity index (χ1) is 12.6. The van der Waals surface area contributed by atoms with Crippen LogP contribution in [0.4, 0.5) is 5.69 Å². The smallest absolute Gasteiger partial charge is 0.193 e. The lowest BCUT2D eigenvalue weighted by Gasteiger charge is -2.10. The minimum absolute atomic E-state index is 0.363. The van der Waals surface area contributed by atoms with E-state index in [9.17, 15) is 0 Å². The van der Waals surface area contributed by atoms with Crippen molar-refractivity contribution >= 4 is 11.6 Å². The van der Waals surface area contributed by atoms with Crippen molar-refractivity contribution < 1.29 is 9.47 Å². The first-order valence-electron chi connectivity index (χ1n) is 8.64. The number of benzene rings is 2. The maximum Gasteiger partial charge on any atom is 0.193 e. The Bertz CT molecular complexity index is 699. The lowest BCUT2D eigenvalue weighted by molar-refractivity contribution is 0.281. The van der Waals surface area contributed by atoms with Crippen molar-refractivity contribution in [1.29, 1.82) is 0 Å². The van der Waals surface area contributed by atoms with Crippen LogP contribution in [0.1, 0.15) is 12.0 Å². The topological polar surface area (TPSA) is 72.1 Å². The summed E-state index contributed by atoms with van der Waals surface area (Å²) in [5, 5.41) is 3.06. The number of nitrogens with two attached hydrogens (primary N) is 1. The second-order valence-corrected chi connectivity index (χ2v) is 6.21. The number of guanidine groups is 1. The Morgan fingerprint density at radius 3 is 2.58 bits per heavy atom. The van der Waals surface area contributed by atoms with Gasteiger partial charge >= 0.3 is 0 Å². The Morgan fingerprint density at radius 1 is 1.12 bits per heavy atom. The zero-order valence-electron chi connectivity index (χ0n) is 15.7. The summed E-state index contributed by atoms with van der Waals surface area (Å²) in [6.45, 7) is 2.24. The van der Waals surface area contributed by atoms with Crippen molar-refractivity contribution in [3.8, 4) is 11.5 Å². The molecule has 0 aliphatic rings. The molecule has 0 atom stereocenters. The van der Waals surface area contributed by atoms with E-state index < -0.39 is 0 Å². The number of nitrogens with one attached hydrogen (secondary N) is 1. The molecule has 2 aromatic rings. The first kappa shape index (κ1) is 19.6. The number of ether oxygens (including phenoxy) is 2. The van der Waals surface area contributed by atoms with Crippen LogP contribution in [0.15, 0.2) is 53.5 Å². The van der Waals surface area contributed by atoms with Crippen molar-refractivity contribution in [1.82, 2.24) is 4.90 Å². The van der Waals surface area contributed by atoms with Gasteiger partial charge in [-0.2, -0.15) is 0 Å². The highest BCUT2D eigenvalue weighted by molar-refractivity contribution is 5.92. The normalized spacial score (nSPS) is 11.5. The Kier molecular flexibility index (Phi) is 7.76. The fraction of sp³-hybridized carbons (Fsp3) is 0.350. The number of hydrogen-bond acceptors (Lipinski definition) is 4. The van der Waals surface area contributed by atoms with Gasteiger partial charge in [0.2, 0.25) is 0 Å². The highest BCUT2D eigenvalue weighted by Crippen LogP contribution is 2.16. The lowest BCUT2D eigenvalue weighted by Crippen LogP contribution is -2.22. The molecule has 6 nitrogen and oxygen atoms in total. The molecule has 2 aromatic carbocycles. The summed E-state index contributed by atoms with van der Waals surface area (Å²) in [7, 11) is 5.75. The van der Waals surface area contributed by atoms with Crippen LogP contribution in [-0.4, -0.2) is 45.2 Å². The predicted octanol–water partition coefficient (Wildman–Crippen LogP) is 2.95. The van der Waals surface area contributed by atoms with Gasteiger partial charge in [0.15, 0.2) is 5.96 Å². The molecular formula is C20H28N4O2. The Balaban J connectivity index is 1.81. The minimum Gasteiger partial charge on any atom is -0.497 e. The molecule has 2 rings (SSSR count). The highest BCUT2D eigenvalue weighted by atomic mass is 16.5. The zero-order valence-corrected chi connectivity index (χ0v) is 15.7. The van der Waals surface area contributed by atoms with Crippen LogP contribution in [0, 0.1) is 0 Å². The first-order valence-corrected chi connectivity index (χ1v) is 8.64. The van der Waals surface area contributed by atoms with Gasteiger partial charge < -0.3 is 25.4 Å². The summed E-state index contributed by atoms with van der Waals surface area (Å²) < 4.78 is 10.9. The van der Waals surface area contributed by atoms with E-state index in [0.717, 1.165) is 35.7 Å². The lowest BCUT2D eigenvalue weighted by atomic mass is 10.2. The molecule has 0 aliphatic heterocycles. The number of nitrogens with zero attached hydrogens (tertiary/aromatic N) is 2. The summed E-state index contributed by atoms with van der Waals surface area (Å²) in [5.41, 5.74) is 7.86. The van der Waals surface area contributed by atoms with Gasteiger partial charge in [0.25, 0.3) is 0 Å². The van der Waals surface area contributed by atoms with Gasteiger partial charge in [-0.15, -0.1) is 0 Å². The molecule has 26 heavy (non-hydrogen) atoms. The summed E-state index contributed by atoms with van der Waals surface area (Å²) in [6.07, 6.45) is 1.01. The number of methoxy groups -OCH3 is 1. The van der Waals surface area contributed by atoms with E-state index in [2.05, 4.69) is 29.3 Å². The molecule has 0 saturated heterocycles. The SMILES string of the molecule is COc1cccc(NC(N)=NCc2ccc(OCCCN(C)C)cc2)c1.